The zero-order chi connectivity index (χ0) is 13.2. The number of nitrogens with one attached hydrogen (secondary N) is 1. The van der Waals surface area contributed by atoms with E-state index in [1.54, 1.807) is 18.5 Å². The first-order valence-corrected chi connectivity index (χ1v) is 7.19. The van der Waals surface area contributed by atoms with Crippen LogP contribution in [0.3, 0.4) is 0 Å². The number of fused-ring (bicyclic) bond motifs is 1. The summed E-state index contributed by atoms with van der Waals surface area (Å²) in [6.45, 7) is 0.440. The molecule has 0 spiro atoms. The van der Waals surface area contributed by atoms with Crippen molar-refractivity contribution in [3.63, 3.8) is 0 Å². The van der Waals surface area contributed by atoms with Gasteiger partial charge in [-0.3, -0.25) is 9.20 Å². The third kappa shape index (κ3) is 2.66. The molecule has 0 radical (unpaired) electrons. The molecule has 0 saturated carbocycles. The molecule has 0 unspecified atom stereocenters. The van der Waals surface area contributed by atoms with Crippen LogP contribution in [-0.4, -0.2) is 20.3 Å². The van der Waals surface area contributed by atoms with Crippen LogP contribution in [0, 0.1) is 0 Å². The molecule has 1 amide bonds. The van der Waals surface area contributed by atoms with E-state index >= 15 is 0 Å². The van der Waals surface area contributed by atoms with Gasteiger partial charge >= 0.3 is 0 Å². The van der Waals surface area contributed by atoms with Crippen molar-refractivity contribution >= 4 is 39.0 Å². The van der Waals surface area contributed by atoms with Crippen LogP contribution in [0.4, 0.5) is 0 Å². The van der Waals surface area contributed by atoms with Crippen molar-refractivity contribution in [1.82, 2.24) is 19.7 Å². The molecule has 0 bridgehead atoms. The van der Waals surface area contributed by atoms with Crippen LogP contribution in [-0.2, 0) is 6.54 Å². The maximum atomic E-state index is 11.9. The van der Waals surface area contributed by atoms with Gasteiger partial charge in [-0.05, 0) is 22.0 Å². The van der Waals surface area contributed by atoms with E-state index in [0.29, 0.717) is 17.2 Å². The first-order chi connectivity index (χ1) is 9.22. The van der Waals surface area contributed by atoms with Gasteiger partial charge in [0.1, 0.15) is 0 Å². The van der Waals surface area contributed by atoms with Gasteiger partial charge in [0.2, 0.25) is 5.78 Å². The van der Waals surface area contributed by atoms with Gasteiger partial charge in [0.15, 0.2) is 0 Å². The second-order valence-corrected chi connectivity index (χ2v) is 5.74. The zero-order valence-electron chi connectivity index (χ0n) is 9.71. The SMILES string of the molecule is O=C(NCc1cnc2nccn2c1)c1cc(Br)cs1. The third-order valence-corrected chi connectivity index (χ3v) is 4.23. The largest absolute Gasteiger partial charge is 0.347 e. The quantitative estimate of drug-likeness (QED) is 0.799. The van der Waals surface area contributed by atoms with Gasteiger partial charge in [0.25, 0.3) is 5.91 Å². The lowest BCUT2D eigenvalue weighted by Gasteiger charge is -2.04. The fourth-order valence-electron chi connectivity index (χ4n) is 1.65. The standard InChI is InChI=1S/C12H9BrN4OS/c13-9-3-10(19-7-9)11(18)15-4-8-5-16-12-14-1-2-17(12)6-8/h1-3,5-7H,4H2,(H,15,18). The fourth-order valence-corrected chi connectivity index (χ4v) is 2.99. The lowest BCUT2D eigenvalue weighted by Crippen LogP contribution is -2.22. The third-order valence-electron chi connectivity index (χ3n) is 2.54. The number of hydrogen-bond donors (Lipinski definition) is 1. The normalized spacial score (nSPS) is 10.8. The summed E-state index contributed by atoms with van der Waals surface area (Å²) >= 11 is 4.74. The van der Waals surface area contributed by atoms with Gasteiger partial charge < -0.3 is 5.32 Å². The van der Waals surface area contributed by atoms with Crippen molar-refractivity contribution in [1.29, 1.82) is 0 Å². The summed E-state index contributed by atoms with van der Waals surface area (Å²) in [5.74, 6) is 0.568. The minimum Gasteiger partial charge on any atom is -0.347 e. The molecule has 0 fully saturated rings. The smallest absolute Gasteiger partial charge is 0.261 e. The average molecular weight is 337 g/mol. The number of carbonyl (C=O) groups excluding carboxylic acids is 1. The van der Waals surface area contributed by atoms with Crippen molar-refractivity contribution in [2.24, 2.45) is 0 Å². The fraction of sp³-hybridized carbons (Fsp3) is 0.0833. The number of carbonyl (C=O) groups is 1. The highest BCUT2D eigenvalue weighted by Crippen LogP contribution is 2.19. The molecule has 3 rings (SSSR count). The number of rotatable bonds is 3. The minimum atomic E-state index is -0.0820. The van der Waals surface area contributed by atoms with Gasteiger partial charge in [0.05, 0.1) is 4.88 Å². The molecule has 0 saturated heterocycles. The lowest BCUT2D eigenvalue weighted by molar-refractivity contribution is 0.0955. The zero-order valence-corrected chi connectivity index (χ0v) is 12.1. The van der Waals surface area contributed by atoms with Crippen molar-refractivity contribution in [3.05, 3.63) is 51.1 Å². The predicted molar refractivity (Wildman–Crippen MR) is 76.2 cm³/mol. The molecule has 0 aliphatic heterocycles. The number of imidazole rings is 1. The molecule has 19 heavy (non-hydrogen) atoms. The van der Waals surface area contributed by atoms with Gasteiger partial charge in [0, 0.05) is 46.7 Å². The Morgan fingerprint density at radius 2 is 2.37 bits per heavy atom. The van der Waals surface area contributed by atoms with E-state index in [-0.39, 0.29) is 5.91 Å². The van der Waals surface area contributed by atoms with Crippen molar-refractivity contribution in [2.45, 2.75) is 6.54 Å². The van der Waals surface area contributed by atoms with Crippen molar-refractivity contribution < 1.29 is 4.79 Å². The van der Waals surface area contributed by atoms with E-state index < -0.39 is 0 Å². The molecule has 0 atom stereocenters. The van der Waals surface area contributed by atoms with Crippen LogP contribution >= 0.6 is 27.3 Å². The summed E-state index contributed by atoms with van der Waals surface area (Å²) < 4.78 is 2.74. The molecule has 7 heteroatoms. The van der Waals surface area contributed by atoms with E-state index in [1.165, 1.54) is 11.3 Å². The number of thiophene rings is 1. The summed E-state index contributed by atoms with van der Waals surface area (Å²) in [6, 6.07) is 1.80. The van der Waals surface area contributed by atoms with Crippen LogP contribution in [0.25, 0.3) is 5.78 Å². The Bertz CT molecular complexity index is 736. The maximum absolute atomic E-state index is 11.9. The van der Waals surface area contributed by atoms with Gasteiger partial charge in [-0.1, -0.05) is 0 Å². The maximum Gasteiger partial charge on any atom is 0.261 e. The molecule has 3 aromatic rings. The first kappa shape index (κ1) is 12.3. The Labute approximate surface area is 121 Å². The first-order valence-electron chi connectivity index (χ1n) is 5.52. The molecule has 0 aliphatic carbocycles. The minimum absolute atomic E-state index is 0.0820. The molecule has 96 valence electrons. The summed E-state index contributed by atoms with van der Waals surface area (Å²) in [7, 11) is 0. The number of halogens is 1. The van der Waals surface area contributed by atoms with Gasteiger partial charge in [-0.2, -0.15) is 0 Å². The Kier molecular flexibility index (Phi) is 3.31. The predicted octanol–water partition coefficient (Wildman–Crippen LogP) is 2.48. The lowest BCUT2D eigenvalue weighted by atomic mass is 10.3. The van der Waals surface area contributed by atoms with E-state index in [1.807, 2.05) is 22.2 Å². The van der Waals surface area contributed by atoms with Crippen molar-refractivity contribution in [2.75, 3.05) is 0 Å². The second-order valence-electron chi connectivity index (χ2n) is 3.91. The van der Waals surface area contributed by atoms with Crippen LogP contribution in [0.5, 0.6) is 0 Å². The van der Waals surface area contributed by atoms with Crippen LogP contribution in [0.15, 0.2) is 40.7 Å². The van der Waals surface area contributed by atoms with E-state index in [4.69, 9.17) is 0 Å². The Morgan fingerprint density at radius 1 is 1.47 bits per heavy atom. The second kappa shape index (κ2) is 5.10. The number of amides is 1. The molecule has 0 aliphatic rings. The van der Waals surface area contributed by atoms with Crippen LogP contribution in [0.1, 0.15) is 15.2 Å². The molecule has 3 heterocycles. The van der Waals surface area contributed by atoms with E-state index in [0.717, 1.165) is 10.0 Å². The summed E-state index contributed by atoms with van der Waals surface area (Å²) in [6.07, 6.45) is 7.13. The van der Waals surface area contributed by atoms with Gasteiger partial charge in [-0.15, -0.1) is 11.3 Å². The van der Waals surface area contributed by atoms with Crippen molar-refractivity contribution in [3.8, 4) is 0 Å². The molecule has 5 nitrogen and oxygen atoms in total. The molecular formula is C12H9BrN4OS. The Balaban J connectivity index is 1.70. The molecule has 3 aromatic heterocycles. The highest BCUT2D eigenvalue weighted by Gasteiger charge is 2.08. The summed E-state index contributed by atoms with van der Waals surface area (Å²) in [5, 5.41) is 4.75. The average Bonchev–Trinajstić information content (AvgIpc) is 3.03. The number of hydrogen-bond acceptors (Lipinski definition) is 4. The van der Waals surface area contributed by atoms with E-state index in [9.17, 15) is 4.79 Å². The molecule has 0 aromatic carbocycles. The van der Waals surface area contributed by atoms with Crippen LogP contribution < -0.4 is 5.32 Å². The summed E-state index contributed by atoms with van der Waals surface area (Å²) in [5.41, 5.74) is 0.925. The monoisotopic (exact) mass is 336 g/mol. The van der Waals surface area contributed by atoms with Gasteiger partial charge in [-0.25, -0.2) is 9.97 Å². The topological polar surface area (TPSA) is 59.3 Å². The van der Waals surface area contributed by atoms with Crippen LogP contribution in [0.2, 0.25) is 0 Å². The Morgan fingerprint density at radius 3 is 3.16 bits per heavy atom. The highest BCUT2D eigenvalue weighted by molar-refractivity contribution is 9.10. The van der Waals surface area contributed by atoms with E-state index in [2.05, 4.69) is 31.2 Å². The summed E-state index contributed by atoms with van der Waals surface area (Å²) in [4.78, 5) is 20.8. The number of aromatic nitrogens is 3. The highest BCUT2D eigenvalue weighted by atomic mass is 79.9. The molecule has 1 N–H and O–H groups in total. The number of nitrogens with zero attached hydrogens (tertiary/aromatic N) is 3. The molecular weight excluding hydrogens is 328 g/mol. The Hall–Kier alpha value is -1.73.